The van der Waals surface area contributed by atoms with E-state index >= 15 is 0 Å². The van der Waals surface area contributed by atoms with E-state index in [1.165, 1.54) is 23.1 Å². The van der Waals surface area contributed by atoms with Gasteiger partial charge in [0.25, 0.3) is 5.56 Å². The van der Waals surface area contributed by atoms with Gasteiger partial charge in [0.15, 0.2) is 5.16 Å². The van der Waals surface area contributed by atoms with Crippen molar-refractivity contribution >= 4 is 56.5 Å². The molecule has 0 N–H and O–H groups in total. The molecular formula is C18H18ClN3O3S2. The van der Waals surface area contributed by atoms with E-state index < -0.39 is 0 Å². The maximum Gasteiger partial charge on any atom is 0.272 e. The van der Waals surface area contributed by atoms with E-state index in [-0.39, 0.29) is 17.2 Å². The molecule has 0 aliphatic rings. The maximum absolute atomic E-state index is 12.7. The molecule has 2 heterocycles. The van der Waals surface area contributed by atoms with Crippen LogP contribution in [0.4, 0.5) is 5.69 Å². The molecule has 0 fully saturated rings. The number of carbonyl (C=O) groups is 1. The molecule has 0 spiro atoms. The fourth-order valence-corrected chi connectivity index (χ4v) is 4.37. The van der Waals surface area contributed by atoms with Gasteiger partial charge in [-0.05, 0) is 29.6 Å². The van der Waals surface area contributed by atoms with E-state index in [0.29, 0.717) is 39.2 Å². The third-order valence-corrected chi connectivity index (χ3v) is 6.03. The molecule has 0 saturated heterocycles. The SMILES string of the molecule is COCCn1c(SCC(=O)N(C)c2cccc(Cl)c2)nc2ccsc2c1=O. The maximum atomic E-state index is 12.7. The molecule has 0 aliphatic carbocycles. The van der Waals surface area contributed by atoms with Crippen LogP contribution in [0, 0.1) is 0 Å². The van der Waals surface area contributed by atoms with Crippen LogP contribution >= 0.6 is 34.7 Å². The Hall–Kier alpha value is -1.87. The van der Waals surface area contributed by atoms with Gasteiger partial charge in [-0.1, -0.05) is 29.4 Å². The largest absolute Gasteiger partial charge is 0.383 e. The van der Waals surface area contributed by atoms with Gasteiger partial charge in [-0.25, -0.2) is 4.98 Å². The monoisotopic (exact) mass is 423 g/mol. The fourth-order valence-electron chi connectivity index (χ4n) is 2.47. The number of nitrogens with zero attached hydrogens (tertiary/aromatic N) is 3. The van der Waals surface area contributed by atoms with Crippen LogP contribution in [0.1, 0.15) is 0 Å². The summed E-state index contributed by atoms with van der Waals surface area (Å²) in [6.07, 6.45) is 0. The summed E-state index contributed by atoms with van der Waals surface area (Å²) in [6.45, 7) is 0.777. The van der Waals surface area contributed by atoms with Crippen molar-refractivity contribution in [1.82, 2.24) is 9.55 Å². The highest BCUT2D eigenvalue weighted by atomic mass is 35.5. The third kappa shape index (κ3) is 4.52. The van der Waals surface area contributed by atoms with Gasteiger partial charge in [-0.15, -0.1) is 11.3 Å². The topological polar surface area (TPSA) is 64.4 Å². The van der Waals surface area contributed by atoms with Crippen molar-refractivity contribution < 1.29 is 9.53 Å². The molecule has 1 amide bonds. The van der Waals surface area contributed by atoms with Crippen LogP contribution in [0.5, 0.6) is 0 Å². The van der Waals surface area contributed by atoms with Crippen LogP contribution in [0.15, 0.2) is 45.7 Å². The number of fused-ring (bicyclic) bond motifs is 1. The molecular weight excluding hydrogens is 406 g/mol. The minimum absolute atomic E-state index is 0.106. The molecule has 2 aromatic heterocycles. The summed E-state index contributed by atoms with van der Waals surface area (Å²) in [5.74, 6) is 0.0400. The molecule has 0 aliphatic heterocycles. The Morgan fingerprint density at radius 2 is 2.22 bits per heavy atom. The zero-order valence-electron chi connectivity index (χ0n) is 14.8. The summed E-state index contributed by atoms with van der Waals surface area (Å²) in [4.78, 5) is 31.4. The zero-order valence-corrected chi connectivity index (χ0v) is 17.2. The summed E-state index contributed by atoms with van der Waals surface area (Å²) < 4.78 is 7.28. The Morgan fingerprint density at radius 1 is 1.41 bits per heavy atom. The van der Waals surface area contributed by atoms with Gasteiger partial charge in [-0.2, -0.15) is 0 Å². The van der Waals surface area contributed by atoms with E-state index in [4.69, 9.17) is 16.3 Å². The van der Waals surface area contributed by atoms with Crippen molar-refractivity contribution in [2.24, 2.45) is 0 Å². The molecule has 0 radical (unpaired) electrons. The average Bonchev–Trinajstić information content (AvgIpc) is 3.13. The average molecular weight is 424 g/mol. The van der Waals surface area contributed by atoms with Crippen molar-refractivity contribution in [2.45, 2.75) is 11.7 Å². The predicted octanol–water partition coefficient (Wildman–Crippen LogP) is 3.51. The lowest BCUT2D eigenvalue weighted by atomic mass is 10.3. The molecule has 0 saturated carbocycles. The van der Waals surface area contributed by atoms with Crippen molar-refractivity contribution in [3.8, 4) is 0 Å². The molecule has 142 valence electrons. The molecule has 1 aromatic carbocycles. The number of halogens is 1. The van der Waals surface area contributed by atoms with E-state index in [1.54, 1.807) is 41.8 Å². The first kappa shape index (κ1) is 19.9. The fraction of sp³-hybridized carbons (Fsp3) is 0.278. The number of anilines is 1. The Morgan fingerprint density at radius 3 is 2.96 bits per heavy atom. The van der Waals surface area contributed by atoms with Crippen LogP contribution in [0.2, 0.25) is 5.02 Å². The normalized spacial score (nSPS) is 11.1. The third-order valence-electron chi connectivity index (χ3n) is 3.94. The Labute approximate surface area is 169 Å². The minimum atomic E-state index is -0.111. The van der Waals surface area contributed by atoms with Crippen LogP contribution in [-0.2, 0) is 16.1 Å². The van der Waals surface area contributed by atoms with Gasteiger partial charge < -0.3 is 9.64 Å². The van der Waals surface area contributed by atoms with Gasteiger partial charge in [-0.3, -0.25) is 14.2 Å². The molecule has 27 heavy (non-hydrogen) atoms. The standard InChI is InChI=1S/C18H18ClN3O3S2/c1-21(13-5-3-4-12(19)10-13)15(23)11-27-18-20-14-6-9-26-16(14)17(24)22(18)7-8-25-2/h3-6,9-10H,7-8,11H2,1-2H3. The Balaban J connectivity index is 1.81. The molecule has 0 atom stereocenters. The summed E-state index contributed by atoms with van der Waals surface area (Å²) in [7, 11) is 3.28. The van der Waals surface area contributed by atoms with Crippen LogP contribution < -0.4 is 10.5 Å². The summed E-state index contributed by atoms with van der Waals surface area (Å²) in [5.41, 5.74) is 1.26. The Kier molecular flexibility index (Phi) is 6.54. The van der Waals surface area contributed by atoms with E-state index in [1.807, 2.05) is 17.5 Å². The quantitative estimate of drug-likeness (QED) is 0.429. The van der Waals surface area contributed by atoms with Crippen molar-refractivity contribution in [2.75, 3.05) is 31.4 Å². The first-order valence-electron chi connectivity index (χ1n) is 8.13. The number of methoxy groups -OCH3 is 1. The Bertz CT molecular complexity index is 1020. The molecule has 0 unspecified atom stereocenters. The van der Waals surface area contributed by atoms with Gasteiger partial charge in [0.05, 0.1) is 24.4 Å². The first-order chi connectivity index (χ1) is 13.0. The lowest BCUT2D eigenvalue weighted by Gasteiger charge is -2.18. The summed E-state index contributed by atoms with van der Waals surface area (Å²) >= 11 is 8.60. The number of hydrogen-bond donors (Lipinski definition) is 0. The van der Waals surface area contributed by atoms with Gasteiger partial charge >= 0.3 is 0 Å². The molecule has 6 nitrogen and oxygen atoms in total. The number of thiophene rings is 1. The van der Waals surface area contributed by atoms with Crippen molar-refractivity contribution in [3.63, 3.8) is 0 Å². The number of carbonyl (C=O) groups excluding carboxylic acids is 1. The lowest BCUT2D eigenvalue weighted by molar-refractivity contribution is -0.115. The van der Waals surface area contributed by atoms with Crippen LogP contribution in [0.25, 0.3) is 10.2 Å². The minimum Gasteiger partial charge on any atom is -0.383 e. The highest BCUT2D eigenvalue weighted by Crippen LogP contribution is 2.23. The number of thioether (sulfide) groups is 1. The summed E-state index contributed by atoms with van der Waals surface area (Å²) in [6, 6.07) is 8.91. The number of hydrogen-bond acceptors (Lipinski definition) is 6. The second-order valence-corrected chi connectivity index (χ2v) is 8.00. The molecule has 3 rings (SSSR count). The van der Waals surface area contributed by atoms with Gasteiger partial charge in [0.2, 0.25) is 5.91 Å². The van der Waals surface area contributed by atoms with Gasteiger partial charge in [0.1, 0.15) is 4.70 Å². The first-order valence-corrected chi connectivity index (χ1v) is 10.4. The molecule has 0 bridgehead atoms. The van der Waals surface area contributed by atoms with Crippen LogP contribution in [0.3, 0.4) is 0 Å². The van der Waals surface area contributed by atoms with E-state index in [0.717, 1.165) is 0 Å². The highest BCUT2D eigenvalue weighted by molar-refractivity contribution is 7.99. The number of aromatic nitrogens is 2. The second kappa shape index (κ2) is 8.88. The second-order valence-electron chi connectivity index (χ2n) is 5.70. The number of amides is 1. The smallest absolute Gasteiger partial charge is 0.272 e. The van der Waals surface area contributed by atoms with Crippen molar-refractivity contribution in [1.29, 1.82) is 0 Å². The van der Waals surface area contributed by atoms with E-state index in [9.17, 15) is 9.59 Å². The zero-order chi connectivity index (χ0) is 19.4. The van der Waals surface area contributed by atoms with Crippen LogP contribution in [-0.4, -0.2) is 42.0 Å². The number of rotatable bonds is 7. The summed E-state index contributed by atoms with van der Waals surface area (Å²) in [5, 5.41) is 2.92. The predicted molar refractivity (Wildman–Crippen MR) is 111 cm³/mol. The molecule has 9 heteroatoms. The highest BCUT2D eigenvalue weighted by Gasteiger charge is 2.16. The van der Waals surface area contributed by atoms with E-state index in [2.05, 4.69) is 4.98 Å². The number of ether oxygens (including phenoxy) is 1. The number of benzene rings is 1. The molecule has 3 aromatic rings. The van der Waals surface area contributed by atoms with Gasteiger partial charge in [0, 0.05) is 24.9 Å². The van der Waals surface area contributed by atoms with Crippen molar-refractivity contribution in [3.05, 3.63) is 51.1 Å². The lowest BCUT2D eigenvalue weighted by Crippen LogP contribution is -2.29.